The van der Waals surface area contributed by atoms with Crippen LogP contribution in [0, 0.1) is 0 Å². The van der Waals surface area contributed by atoms with Crippen molar-refractivity contribution in [3.05, 3.63) is 170 Å². The Morgan fingerprint density at radius 1 is 0.434 bits per heavy atom. The first kappa shape index (κ1) is 28.9. The van der Waals surface area contributed by atoms with Crippen molar-refractivity contribution in [1.29, 1.82) is 0 Å². The fourth-order valence-electron chi connectivity index (χ4n) is 8.69. The van der Waals surface area contributed by atoms with Crippen LogP contribution in [0.5, 0.6) is 0 Å². The van der Waals surface area contributed by atoms with Gasteiger partial charge in [0.2, 0.25) is 5.95 Å². The highest BCUT2D eigenvalue weighted by molar-refractivity contribution is 7.99. The molecule has 5 heteroatoms. The van der Waals surface area contributed by atoms with Gasteiger partial charge in [-0.05, 0) is 71.6 Å². The lowest BCUT2D eigenvalue weighted by Gasteiger charge is -2.21. The Kier molecular flexibility index (Phi) is 5.96. The number of benzene rings is 8. The third kappa shape index (κ3) is 4.08. The van der Waals surface area contributed by atoms with Crippen molar-refractivity contribution >= 4 is 77.0 Å². The van der Waals surface area contributed by atoms with E-state index in [1.165, 1.54) is 64.3 Å². The molecule has 12 rings (SSSR count). The van der Waals surface area contributed by atoms with Crippen LogP contribution in [0.3, 0.4) is 0 Å². The van der Waals surface area contributed by atoms with Crippen LogP contribution in [0.1, 0.15) is 0 Å². The van der Waals surface area contributed by atoms with Gasteiger partial charge in [-0.3, -0.25) is 4.57 Å². The summed E-state index contributed by atoms with van der Waals surface area (Å²) in [6.45, 7) is 0. The van der Waals surface area contributed by atoms with Crippen LogP contribution in [0.25, 0.3) is 99.3 Å². The molecule has 4 heterocycles. The Balaban J connectivity index is 1.13. The summed E-state index contributed by atoms with van der Waals surface area (Å²) in [5, 5.41) is 8.47. The van der Waals surface area contributed by atoms with E-state index in [4.69, 9.17) is 9.97 Å². The molecule has 0 bridgehead atoms. The summed E-state index contributed by atoms with van der Waals surface area (Å²) in [6.07, 6.45) is 0. The molecule has 53 heavy (non-hydrogen) atoms. The Bertz CT molecular complexity index is 3310. The highest BCUT2D eigenvalue weighted by atomic mass is 32.2. The Labute approximate surface area is 308 Å². The second-order valence-corrected chi connectivity index (χ2v) is 14.8. The zero-order valence-corrected chi connectivity index (χ0v) is 29.2. The average Bonchev–Trinajstić information content (AvgIpc) is 3.74. The van der Waals surface area contributed by atoms with Crippen LogP contribution in [0.15, 0.2) is 180 Å². The zero-order valence-electron chi connectivity index (χ0n) is 28.4. The number of fused-ring (bicyclic) bond motifs is 10. The molecule has 0 saturated heterocycles. The summed E-state index contributed by atoms with van der Waals surface area (Å²) in [4.78, 5) is 13.4. The molecule has 0 spiro atoms. The smallest absolute Gasteiger partial charge is 0.235 e. The summed E-state index contributed by atoms with van der Waals surface area (Å²) >= 11 is 1.86. The minimum absolute atomic E-state index is 0.665. The van der Waals surface area contributed by atoms with Crippen molar-refractivity contribution in [2.24, 2.45) is 0 Å². The maximum atomic E-state index is 5.49. The topological polar surface area (TPSA) is 35.6 Å². The molecule has 0 N–H and O–H groups in total. The monoisotopic (exact) mass is 692 g/mol. The molecule has 0 radical (unpaired) electrons. The van der Waals surface area contributed by atoms with E-state index in [1.54, 1.807) is 0 Å². The van der Waals surface area contributed by atoms with Crippen LogP contribution in [-0.4, -0.2) is 19.1 Å². The third-order valence-corrected chi connectivity index (χ3v) is 12.0. The van der Waals surface area contributed by atoms with E-state index in [9.17, 15) is 0 Å². The van der Waals surface area contributed by atoms with Gasteiger partial charge in [-0.15, -0.1) is 0 Å². The molecule has 11 aromatic rings. The number of nitrogens with zero attached hydrogens (tertiary/aromatic N) is 4. The number of hydrogen-bond acceptors (Lipinski definition) is 3. The lowest BCUT2D eigenvalue weighted by Crippen LogP contribution is -2.03. The van der Waals surface area contributed by atoms with Crippen LogP contribution in [0.2, 0.25) is 0 Å². The van der Waals surface area contributed by atoms with E-state index in [2.05, 4.69) is 179 Å². The molecule has 0 fully saturated rings. The van der Waals surface area contributed by atoms with Crippen molar-refractivity contribution in [1.82, 2.24) is 19.1 Å². The van der Waals surface area contributed by atoms with Gasteiger partial charge in [-0.2, -0.15) is 0 Å². The molecular formula is C48H28N4S. The van der Waals surface area contributed by atoms with Crippen LogP contribution in [0.4, 0.5) is 0 Å². The van der Waals surface area contributed by atoms with Gasteiger partial charge in [-0.25, -0.2) is 9.97 Å². The fraction of sp³-hybridized carbons (Fsp3) is 0. The van der Waals surface area contributed by atoms with E-state index in [1.807, 2.05) is 11.8 Å². The molecule has 3 aromatic heterocycles. The minimum Gasteiger partial charge on any atom is -0.309 e. The van der Waals surface area contributed by atoms with Gasteiger partial charge < -0.3 is 4.57 Å². The summed E-state index contributed by atoms with van der Waals surface area (Å²) in [6, 6.07) is 61.0. The summed E-state index contributed by atoms with van der Waals surface area (Å²) < 4.78 is 4.62. The van der Waals surface area contributed by atoms with Crippen LogP contribution < -0.4 is 0 Å². The van der Waals surface area contributed by atoms with Crippen molar-refractivity contribution in [3.63, 3.8) is 0 Å². The van der Waals surface area contributed by atoms with Gasteiger partial charge in [0.1, 0.15) is 0 Å². The first-order valence-electron chi connectivity index (χ1n) is 17.9. The maximum absolute atomic E-state index is 5.49. The Morgan fingerprint density at radius 3 is 2.00 bits per heavy atom. The standard InChI is InChI=1S/C48H28N4S/c1-2-14-31(15-3-1)51-38-21-8-5-16-32(38)36-28-30(24-25-40(36)51)47-33-17-4-7-20-37(33)49-48(50-47)52-39-22-9-6-18-34(39)45-41(52)26-27-43-46(45)35-19-10-12-29-13-11-23-42(53-43)44(29)35/h1-28H. The normalized spacial score (nSPS) is 12.5. The second kappa shape index (κ2) is 10.9. The molecule has 0 atom stereocenters. The van der Waals surface area contributed by atoms with Gasteiger partial charge in [0.25, 0.3) is 0 Å². The molecule has 1 aliphatic rings. The summed E-state index contributed by atoms with van der Waals surface area (Å²) in [7, 11) is 0. The molecule has 8 aromatic carbocycles. The zero-order chi connectivity index (χ0) is 34.6. The number of hydrogen-bond donors (Lipinski definition) is 0. The lowest BCUT2D eigenvalue weighted by molar-refractivity contribution is 1.01. The first-order valence-corrected chi connectivity index (χ1v) is 18.7. The summed E-state index contributed by atoms with van der Waals surface area (Å²) in [5.41, 5.74) is 11.2. The predicted octanol–water partition coefficient (Wildman–Crippen LogP) is 12.8. The SMILES string of the molecule is c1ccc(-n2c3ccccc3c3cc(-c4nc(-n5c6ccccc6c6c7c(ccc65)Sc5cccc6cccc-7c56)nc5ccccc45)ccc32)cc1. The van der Waals surface area contributed by atoms with Gasteiger partial charge in [0.15, 0.2) is 0 Å². The van der Waals surface area contributed by atoms with Gasteiger partial charge >= 0.3 is 0 Å². The van der Waals surface area contributed by atoms with Crippen LogP contribution in [-0.2, 0) is 0 Å². The van der Waals surface area contributed by atoms with E-state index in [0.29, 0.717) is 5.95 Å². The van der Waals surface area contributed by atoms with E-state index in [0.717, 1.165) is 38.9 Å². The van der Waals surface area contributed by atoms with Gasteiger partial charge in [0, 0.05) is 58.9 Å². The molecule has 246 valence electrons. The lowest BCUT2D eigenvalue weighted by atomic mass is 9.94. The van der Waals surface area contributed by atoms with E-state index >= 15 is 0 Å². The number of rotatable bonds is 3. The summed E-state index contributed by atoms with van der Waals surface area (Å²) in [5.74, 6) is 0.665. The molecular weight excluding hydrogens is 665 g/mol. The van der Waals surface area contributed by atoms with Crippen molar-refractivity contribution in [3.8, 4) is 34.0 Å². The molecule has 0 aliphatic carbocycles. The van der Waals surface area contributed by atoms with Gasteiger partial charge in [-0.1, -0.05) is 121 Å². The highest BCUT2D eigenvalue weighted by Gasteiger charge is 2.26. The van der Waals surface area contributed by atoms with E-state index < -0.39 is 0 Å². The molecule has 0 unspecified atom stereocenters. The largest absolute Gasteiger partial charge is 0.309 e. The quantitative estimate of drug-likeness (QED) is 0.185. The van der Waals surface area contributed by atoms with Crippen molar-refractivity contribution < 1.29 is 0 Å². The Morgan fingerprint density at radius 2 is 1.13 bits per heavy atom. The van der Waals surface area contributed by atoms with E-state index in [-0.39, 0.29) is 0 Å². The minimum atomic E-state index is 0.665. The average molecular weight is 693 g/mol. The number of para-hydroxylation sites is 4. The van der Waals surface area contributed by atoms with Crippen LogP contribution >= 0.6 is 11.8 Å². The first-order chi connectivity index (χ1) is 26.3. The highest BCUT2D eigenvalue weighted by Crippen LogP contribution is 2.52. The molecule has 1 aliphatic heterocycles. The van der Waals surface area contributed by atoms with Gasteiger partial charge in [0.05, 0.1) is 33.3 Å². The van der Waals surface area contributed by atoms with Crippen molar-refractivity contribution in [2.45, 2.75) is 9.79 Å². The molecule has 0 amide bonds. The molecule has 4 nitrogen and oxygen atoms in total. The number of aromatic nitrogens is 4. The van der Waals surface area contributed by atoms with Crippen molar-refractivity contribution in [2.75, 3.05) is 0 Å². The molecule has 0 saturated carbocycles. The Hall–Kier alpha value is -6.69. The fourth-order valence-corrected chi connectivity index (χ4v) is 9.85. The maximum Gasteiger partial charge on any atom is 0.235 e. The second-order valence-electron chi connectivity index (χ2n) is 13.8. The predicted molar refractivity (Wildman–Crippen MR) is 221 cm³/mol. The third-order valence-electron chi connectivity index (χ3n) is 10.9.